The van der Waals surface area contributed by atoms with Gasteiger partial charge in [-0.1, -0.05) is 173 Å². The predicted octanol–water partition coefficient (Wildman–Crippen LogP) is 15.7. The van der Waals surface area contributed by atoms with Crippen molar-refractivity contribution in [3.8, 4) is 23.0 Å². The van der Waals surface area contributed by atoms with E-state index >= 15 is 0 Å². The van der Waals surface area contributed by atoms with Gasteiger partial charge in [0, 0.05) is 42.4 Å². The zero-order valence-corrected chi connectivity index (χ0v) is 51.9. The zero-order chi connectivity index (χ0) is 59.9. The maximum absolute atomic E-state index is 12.8. The molecule has 0 atom stereocenters. The average molecular weight is 1140 g/mol. The molecule has 0 fully saturated rings. The molecule has 0 radical (unpaired) electrons. The maximum atomic E-state index is 12.8. The highest BCUT2D eigenvalue weighted by Gasteiger charge is 2.26. The van der Waals surface area contributed by atoms with Gasteiger partial charge in [-0.05, 0) is 139 Å². The molecule has 0 aliphatic heterocycles. The molecular weight excluding hydrogens is 1040 g/mol. The second kappa shape index (κ2) is 37.1. The summed E-state index contributed by atoms with van der Waals surface area (Å²) in [6.45, 7) is 25.6. The van der Waals surface area contributed by atoms with Gasteiger partial charge in [0.15, 0.2) is 0 Å². The standard InChI is InChI=1S/C72H100O11/c1-11-15-19-23-27-54-39-58-47-60-41-55(28-24-20-16-12-2)43-62(67(60)78-33-36-81-70(74)51(5)6)49-64-45-57(30-26-22-18-14-4)46-65(69(64)80-35-38-83-72(76)53(9)10)50-63-44-56(29-25-21-17-13-3)42-61(48-59(40-54)66(58)77-32-31-73)68(63)79-34-37-82-71(75)52(7)8/h39-46,73H,5,7,9,11-38,47-50H2,1-4,6,8,10H3. The molecule has 1 aliphatic rings. The molecule has 0 spiro atoms. The fraction of sp³-hybridized carbons (Fsp3) is 0.542. The smallest absolute Gasteiger partial charge is 0.333 e. The summed E-state index contributed by atoms with van der Waals surface area (Å²) in [6, 6.07) is 18.3. The van der Waals surface area contributed by atoms with E-state index in [-0.39, 0.29) is 52.9 Å². The normalized spacial score (nSPS) is 11.9. The Bertz CT molecular complexity index is 2600. The highest BCUT2D eigenvalue weighted by molar-refractivity contribution is 5.87. The van der Waals surface area contributed by atoms with Crippen molar-refractivity contribution in [2.24, 2.45) is 0 Å². The average Bonchev–Trinajstić information content (AvgIpc) is 3.64. The van der Waals surface area contributed by atoms with E-state index in [0.717, 1.165) is 179 Å². The lowest BCUT2D eigenvalue weighted by Crippen LogP contribution is -2.16. The molecule has 1 N–H and O–H groups in total. The Labute approximate surface area is 498 Å². The van der Waals surface area contributed by atoms with E-state index in [9.17, 15) is 19.5 Å². The van der Waals surface area contributed by atoms with E-state index in [1.54, 1.807) is 20.8 Å². The molecule has 8 bridgehead atoms. The number of carbonyl (C=O) groups excluding carboxylic acids is 3. The van der Waals surface area contributed by atoms with Gasteiger partial charge in [0.25, 0.3) is 0 Å². The number of aliphatic hydroxyl groups excluding tert-OH is 1. The van der Waals surface area contributed by atoms with Gasteiger partial charge in [-0.3, -0.25) is 0 Å². The van der Waals surface area contributed by atoms with Gasteiger partial charge in [0.05, 0.1) is 6.61 Å². The first-order chi connectivity index (χ1) is 40.2. The molecule has 5 rings (SSSR count). The van der Waals surface area contributed by atoms with Crippen LogP contribution in [-0.4, -0.2) is 75.9 Å². The second-order valence-electron chi connectivity index (χ2n) is 22.8. The largest absolute Gasteiger partial charge is 0.491 e. The third kappa shape index (κ3) is 22.6. The fourth-order valence-electron chi connectivity index (χ4n) is 10.9. The van der Waals surface area contributed by atoms with Gasteiger partial charge in [-0.25, -0.2) is 14.4 Å². The Morgan fingerprint density at radius 2 is 0.566 bits per heavy atom. The minimum absolute atomic E-state index is 0.0195. The van der Waals surface area contributed by atoms with Crippen LogP contribution in [0.1, 0.15) is 218 Å². The Kier molecular flexibility index (Phi) is 30.1. The van der Waals surface area contributed by atoms with E-state index in [2.05, 4.69) is 96.0 Å². The third-order valence-corrected chi connectivity index (χ3v) is 15.1. The molecule has 4 aromatic carbocycles. The molecule has 11 nitrogen and oxygen atoms in total. The van der Waals surface area contributed by atoms with Gasteiger partial charge >= 0.3 is 17.9 Å². The molecule has 0 saturated heterocycles. The fourth-order valence-corrected chi connectivity index (χ4v) is 10.9. The van der Waals surface area contributed by atoms with Gasteiger partial charge in [-0.15, -0.1) is 0 Å². The number of aryl methyl sites for hydroxylation is 4. The zero-order valence-electron chi connectivity index (χ0n) is 51.9. The summed E-state index contributed by atoms with van der Waals surface area (Å²) in [4.78, 5) is 38.2. The van der Waals surface area contributed by atoms with Crippen LogP contribution in [0.2, 0.25) is 0 Å². The number of hydrogen-bond acceptors (Lipinski definition) is 11. The number of fused-ring (bicyclic) bond motifs is 8. The second-order valence-corrected chi connectivity index (χ2v) is 22.8. The lowest BCUT2D eigenvalue weighted by atomic mass is 9.87. The topological polar surface area (TPSA) is 136 Å². The molecule has 11 heteroatoms. The molecule has 4 aromatic rings. The van der Waals surface area contributed by atoms with E-state index in [1.165, 1.54) is 22.3 Å². The van der Waals surface area contributed by atoms with E-state index in [1.807, 2.05) is 0 Å². The molecule has 0 saturated carbocycles. The van der Waals surface area contributed by atoms with Crippen molar-refractivity contribution >= 4 is 17.9 Å². The molecule has 0 heterocycles. The summed E-state index contributed by atoms with van der Waals surface area (Å²) < 4.78 is 44.7. The summed E-state index contributed by atoms with van der Waals surface area (Å²) in [6.07, 6.45) is 22.9. The van der Waals surface area contributed by atoms with Crippen molar-refractivity contribution in [3.63, 3.8) is 0 Å². The Hall–Kier alpha value is -6.33. The Morgan fingerprint density at radius 1 is 0.349 bits per heavy atom. The van der Waals surface area contributed by atoms with Crippen molar-refractivity contribution in [3.05, 3.63) is 152 Å². The summed E-state index contributed by atoms with van der Waals surface area (Å²) in [5, 5.41) is 10.5. The first-order valence-corrected chi connectivity index (χ1v) is 31.4. The quantitative estimate of drug-likeness (QED) is 0.0175. The molecular formula is C72H100O11. The number of unbranched alkanes of at least 4 members (excludes halogenated alkanes) is 12. The minimum atomic E-state index is -0.478. The number of ether oxygens (including phenoxy) is 7. The highest BCUT2D eigenvalue weighted by Crippen LogP contribution is 2.42. The van der Waals surface area contributed by atoms with Gasteiger partial charge in [0.2, 0.25) is 0 Å². The first-order valence-electron chi connectivity index (χ1n) is 31.4. The van der Waals surface area contributed by atoms with Crippen molar-refractivity contribution < 1.29 is 52.6 Å². The number of rotatable bonds is 38. The van der Waals surface area contributed by atoms with Crippen LogP contribution in [0.15, 0.2) is 85.0 Å². The maximum Gasteiger partial charge on any atom is 0.333 e. The number of aliphatic hydroxyl groups is 1. The van der Waals surface area contributed by atoms with Crippen molar-refractivity contribution in [1.82, 2.24) is 0 Å². The molecule has 0 aromatic heterocycles. The SMILES string of the molecule is C=C(C)C(=O)OCCOc1c2cc(CCCCCC)cc1Cc1cc(CCCCCC)cc(c1OCCOC(=O)C(=C)C)Cc1cc(CCCCCC)cc(c1OCCOC(=O)C(=C)C)Cc1cc(CCCCCC)cc(c1OCCO)C2. The number of esters is 3. The lowest BCUT2D eigenvalue weighted by molar-refractivity contribution is -0.140. The Morgan fingerprint density at radius 3 is 0.759 bits per heavy atom. The summed E-state index contributed by atoms with van der Waals surface area (Å²) >= 11 is 0. The molecule has 0 amide bonds. The van der Waals surface area contributed by atoms with E-state index in [0.29, 0.717) is 59.7 Å². The van der Waals surface area contributed by atoms with Crippen LogP contribution in [0.5, 0.6) is 23.0 Å². The van der Waals surface area contributed by atoms with E-state index < -0.39 is 17.9 Å². The van der Waals surface area contributed by atoms with Crippen molar-refractivity contribution in [1.29, 1.82) is 0 Å². The summed E-state index contributed by atoms with van der Waals surface area (Å²) in [5.41, 5.74) is 13.5. The molecule has 83 heavy (non-hydrogen) atoms. The van der Waals surface area contributed by atoms with Crippen molar-refractivity contribution in [2.45, 2.75) is 203 Å². The van der Waals surface area contributed by atoms with Crippen LogP contribution < -0.4 is 18.9 Å². The van der Waals surface area contributed by atoms with E-state index in [4.69, 9.17) is 33.2 Å². The summed E-state index contributed by atoms with van der Waals surface area (Å²) in [7, 11) is 0. The van der Waals surface area contributed by atoms with Crippen LogP contribution >= 0.6 is 0 Å². The monoisotopic (exact) mass is 1140 g/mol. The third-order valence-electron chi connectivity index (χ3n) is 15.1. The van der Waals surface area contributed by atoms with Gasteiger partial charge in [-0.2, -0.15) is 0 Å². The number of hydrogen-bond donors (Lipinski definition) is 1. The van der Waals surface area contributed by atoms with Crippen LogP contribution in [-0.2, 0) is 80.0 Å². The minimum Gasteiger partial charge on any atom is -0.491 e. The lowest BCUT2D eigenvalue weighted by Gasteiger charge is -2.25. The van der Waals surface area contributed by atoms with Gasteiger partial charge < -0.3 is 38.3 Å². The van der Waals surface area contributed by atoms with Crippen LogP contribution in [0.25, 0.3) is 0 Å². The Balaban J connectivity index is 1.92. The molecule has 0 unspecified atom stereocenters. The number of benzene rings is 4. The summed E-state index contributed by atoms with van der Waals surface area (Å²) in [5.74, 6) is 1.41. The highest BCUT2D eigenvalue weighted by atomic mass is 16.6. The first kappa shape index (κ1) is 67.5. The van der Waals surface area contributed by atoms with Gasteiger partial charge in [0.1, 0.15) is 69.2 Å². The van der Waals surface area contributed by atoms with Crippen molar-refractivity contribution in [2.75, 3.05) is 52.9 Å². The van der Waals surface area contributed by atoms with Crippen LogP contribution in [0.3, 0.4) is 0 Å². The van der Waals surface area contributed by atoms with Crippen LogP contribution in [0.4, 0.5) is 0 Å². The number of carbonyl (C=O) groups is 3. The molecule has 454 valence electrons. The predicted molar refractivity (Wildman–Crippen MR) is 335 cm³/mol. The van der Waals surface area contributed by atoms with Crippen LogP contribution in [0, 0.1) is 0 Å². The molecule has 1 aliphatic carbocycles.